The zero-order valence-corrected chi connectivity index (χ0v) is 25.3. The van der Waals surface area contributed by atoms with Gasteiger partial charge in [0.1, 0.15) is 12.6 Å². The van der Waals surface area contributed by atoms with Crippen molar-refractivity contribution in [3.63, 3.8) is 0 Å². The van der Waals surface area contributed by atoms with Crippen LogP contribution < -0.4 is 19.1 Å². The highest BCUT2D eigenvalue weighted by molar-refractivity contribution is 7.92. The highest BCUT2D eigenvalue weighted by Gasteiger charge is 2.33. The van der Waals surface area contributed by atoms with Gasteiger partial charge in [-0.15, -0.1) is 0 Å². The molecule has 0 aliphatic heterocycles. The van der Waals surface area contributed by atoms with Crippen molar-refractivity contribution in [2.24, 2.45) is 0 Å². The first kappa shape index (κ1) is 31.5. The van der Waals surface area contributed by atoms with Crippen LogP contribution in [0.1, 0.15) is 38.3 Å². The third kappa shape index (κ3) is 7.79. The fraction of sp³-hybridized carbons (Fsp3) is 0.355. The lowest BCUT2D eigenvalue weighted by molar-refractivity contribution is -0.139. The maximum Gasteiger partial charge on any atom is 0.264 e. The molecule has 0 saturated heterocycles. The Morgan fingerprint density at radius 1 is 0.902 bits per heavy atom. The molecule has 0 bridgehead atoms. The van der Waals surface area contributed by atoms with Crippen LogP contribution in [0.5, 0.6) is 11.5 Å². The maximum atomic E-state index is 14.0. The first-order valence-corrected chi connectivity index (χ1v) is 14.9. The third-order valence-corrected chi connectivity index (χ3v) is 8.70. The molecule has 3 rings (SSSR count). The number of nitrogens with one attached hydrogen (secondary N) is 1. The van der Waals surface area contributed by atoms with Gasteiger partial charge in [-0.05, 0) is 57.0 Å². The molecule has 2 amide bonds. The molecule has 0 aliphatic rings. The summed E-state index contributed by atoms with van der Waals surface area (Å²) in [7, 11) is -1.26. The van der Waals surface area contributed by atoms with E-state index >= 15 is 0 Å². The number of rotatable bonds is 13. The number of anilines is 1. The van der Waals surface area contributed by atoms with E-state index < -0.39 is 28.5 Å². The van der Waals surface area contributed by atoms with Crippen molar-refractivity contribution in [1.82, 2.24) is 10.2 Å². The topological polar surface area (TPSA) is 105 Å². The van der Waals surface area contributed by atoms with Crippen molar-refractivity contribution < 1.29 is 27.5 Å². The summed E-state index contributed by atoms with van der Waals surface area (Å²) < 4.78 is 39.6. The lowest BCUT2D eigenvalue weighted by Gasteiger charge is -2.32. The Labute approximate surface area is 243 Å². The number of carbonyl (C=O) groups is 2. The number of carbonyl (C=O) groups excluding carboxylic acids is 2. The Morgan fingerprint density at radius 2 is 1.54 bits per heavy atom. The van der Waals surface area contributed by atoms with Crippen molar-refractivity contribution in [1.29, 1.82) is 0 Å². The monoisotopic (exact) mass is 581 g/mol. The molecule has 0 radical (unpaired) electrons. The minimum Gasteiger partial charge on any atom is -0.493 e. The Kier molecular flexibility index (Phi) is 10.8. The maximum absolute atomic E-state index is 14.0. The second-order valence-corrected chi connectivity index (χ2v) is 11.7. The number of hydrogen-bond acceptors (Lipinski definition) is 6. The minimum absolute atomic E-state index is 0.0234. The van der Waals surface area contributed by atoms with E-state index in [0.717, 1.165) is 21.9 Å². The zero-order chi connectivity index (χ0) is 30.2. The van der Waals surface area contributed by atoms with Crippen LogP contribution in [0.15, 0.2) is 77.7 Å². The average molecular weight is 582 g/mol. The summed E-state index contributed by atoms with van der Waals surface area (Å²) in [4.78, 5) is 28.6. The van der Waals surface area contributed by atoms with E-state index in [-0.39, 0.29) is 29.1 Å². The van der Waals surface area contributed by atoms with Crippen molar-refractivity contribution in [2.75, 3.05) is 25.1 Å². The van der Waals surface area contributed by atoms with Crippen molar-refractivity contribution in [3.8, 4) is 11.5 Å². The smallest absolute Gasteiger partial charge is 0.264 e. The van der Waals surface area contributed by atoms with Gasteiger partial charge in [-0.2, -0.15) is 0 Å². The number of nitrogens with zero attached hydrogens (tertiary/aromatic N) is 2. The Morgan fingerprint density at radius 3 is 2.12 bits per heavy atom. The summed E-state index contributed by atoms with van der Waals surface area (Å²) in [5, 5.41) is 2.93. The Balaban J connectivity index is 2.06. The van der Waals surface area contributed by atoms with Crippen LogP contribution in [0.25, 0.3) is 0 Å². The molecule has 0 fully saturated rings. The number of aryl methyl sites for hydroxylation is 1. The molecular formula is C31H39N3O6S. The summed E-state index contributed by atoms with van der Waals surface area (Å²) in [5.41, 5.74) is 2.09. The van der Waals surface area contributed by atoms with Gasteiger partial charge in [-0.25, -0.2) is 8.42 Å². The molecule has 10 heteroatoms. The van der Waals surface area contributed by atoms with Crippen LogP contribution in [-0.4, -0.2) is 58.0 Å². The summed E-state index contributed by atoms with van der Waals surface area (Å²) in [6.07, 6.45) is 0.729. The third-order valence-electron chi connectivity index (χ3n) is 6.91. The molecule has 3 aromatic rings. The van der Waals surface area contributed by atoms with Crippen LogP contribution >= 0.6 is 0 Å². The normalized spacial score (nSPS) is 12.6. The highest BCUT2D eigenvalue weighted by atomic mass is 32.2. The summed E-state index contributed by atoms with van der Waals surface area (Å²) >= 11 is 0. The SMILES string of the molecule is CC[C@H](C)NC(=O)[C@H](C)N(Cc1ccc(C)cc1)C(=O)CN(c1ccc(OC)c(OC)c1)S(=O)(=O)c1ccccc1. The molecule has 1 N–H and O–H groups in total. The van der Waals surface area contributed by atoms with Gasteiger partial charge in [-0.1, -0.05) is 55.0 Å². The second-order valence-electron chi connectivity index (χ2n) is 9.87. The van der Waals surface area contributed by atoms with E-state index in [1.807, 2.05) is 45.0 Å². The molecule has 9 nitrogen and oxygen atoms in total. The minimum atomic E-state index is -4.19. The van der Waals surface area contributed by atoms with Crippen LogP contribution in [0, 0.1) is 6.92 Å². The Hall–Kier alpha value is -4.05. The van der Waals surface area contributed by atoms with E-state index in [9.17, 15) is 18.0 Å². The molecule has 3 aromatic carbocycles. The number of hydrogen-bond donors (Lipinski definition) is 1. The zero-order valence-electron chi connectivity index (χ0n) is 24.5. The standard InChI is InChI=1S/C31H39N3O6S/c1-7-23(3)32-31(36)24(4)33(20-25-15-13-22(2)14-16-25)30(35)21-34(41(37,38)27-11-9-8-10-12-27)26-17-18-28(39-5)29(19-26)40-6/h8-19,23-24H,7,20-21H2,1-6H3,(H,32,36)/t23-,24-/m0/s1. The summed E-state index contributed by atoms with van der Waals surface area (Å²) in [5.74, 6) is -0.130. The van der Waals surface area contributed by atoms with E-state index in [2.05, 4.69) is 5.32 Å². The molecule has 2 atom stereocenters. The van der Waals surface area contributed by atoms with Crippen molar-refractivity contribution in [2.45, 2.75) is 57.6 Å². The molecule has 0 unspecified atom stereocenters. The highest BCUT2D eigenvalue weighted by Crippen LogP contribution is 2.34. The predicted octanol–water partition coefficient (Wildman–Crippen LogP) is 4.54. The van der Waals surface area contributed by atoms with Gasteiger partial charge in [0.25, 0.3) is 10.0 Å². The van der Waals surface area contributed by atoms with Crippen LogP contribution in [0.3, 0.4) is 0 Å². The van der Waals surface area contributed by atoms with Crippen LogP contribution in [0.4, 0.5) is 5.69 Å². The van der Waals surface area contributed by atoms with Gasteiger partial charge in [0.05, 0.1) is 24.8 Å². The van der Waals surface area contributed by atoms with E-state index in [1.165, 1.54) is 37.3 Å². The quantitative estimate of drug-likeness (QED) is 0.318. The molecular weight excluding hydrogens is 542 g/mol. The van der Waals surface area contributed by atoms with Gasteiger partial charge in [0.15, 0.2) is 11.5 Å². The number of methoxy groups -OCH3 is 2. The van der Waals surface area contributed by atoms with E-state index in [4.69, 9.17) is 9.47 Å². The second kappa shape index (κ2) is 14.0. The molecule has 0 aromatic heterocycles. The molecule has 0 aliphatic carbocycles. The molecule has 41 heavy (non-hydrogen) atoms. The van der Waals surface area contributed by atoms with Gasteiger partial charge >= 0.3 is 0 Å². The van der Waals surface area contributed by atoms with E-state index in [1.54, 1.807) is 37.3 Å². The van der Waals surface area contributed by atoms with Crippen LogP contribution in [0.2, 0.25) is 0 Å². The lowest BCUT2D eigenvalue weighted by atomic mass is 10.1. The molecule has 220 valence electrons. The van der Waals surface area contributed by atoms with Gasteiger partial charge in [0, 0.05) is 18.7 Å². The lowest BCUT2D eigenvalue weighted by Crippen LogP contribution is -2.52. The first-order chi connectivity index (χ1) is 19.5. The van der Waals surface area contributed by atoms with Gasteiger partial charge in [0.2, 0.25) is 11.8 Å². The number of benzene rings is 3. The van der Waals surface area contributed by atoms with Crippen molar-refractivity contribution >= 4 is 27.5 Å². The number of amides is 2. The molecule has 0 saturated carbocycles. The fourth-order valence-electron chi connectivity index (χ4n) is 4.17. The molecule has 0 heterocycles. The number of sulfonamides is 1. The van der Waals surface area contributed by atoms with Gasteiger partial charge in [-0.3, -0.25) is 13.9 Å². The van der Waals surface area contributed by atoms with Crippen molar-refractivity contribution in [3.05, 3.63) is 83.9 Å². The predicted molar refractivity (Wildman–Crippen MR) is 160 cm³/mol. The van der Waals surface area contributed by atoms with Crippen LogP contribution in [-0.2, 0) is 26.2 Å². The molecule has 0 spiro atoms. The first-order valence-electron chi connectivity index (χ1n) is 13.5. The van der Waals surface area contributed by atoms with Gasteiger partial charge < -0.3 is 19.7 Å². The van der Waals surface area contributed by atoms with E-state index in [0.29, 0.717) is 11.5 Å². The largest absolute Gasteiger partial charge is 0.493 e. The average Bonchev–Trinajstić information content (AvgIpc) is 2.98. The Bertz CT molecular complexity index is 1430. The number of ether oxygens (including phenoxy) is 2. The summed E-state index contributed by atoms with van der Waals surface area (Å²) in [6.45, 7) is 7.04. The fourth-order valence-corrected chi connectivity index (χ4v) is 5.59. The summed E-state index contributed by atoms with van der Waals surface area (Å²) in [6, 6.07) is 19.2.